The summed E-state index contributed by atoms with van der Waals surface area (Å²) in [5, 5.41) is 4.51. The van der Waals surface area contributed by atoms with Crippen molar-refractivity contribution in [3.63, 3.8) is 0 Å². The first-order valence-corrected chi connectivity index (χ1v) is 14.5. The number of amides is 1. The molecule has 0 atom stereocenters. The first kappa shape index (κ1) is 27.8. The molecule has 216 valence electrons. The molecule has 6 heterocycles. The Bertz CT molecular complexity index is 1910. The molecule has 7 rings (SSSR count). The number of nitrogens with zero attached hydrogens (tertiary/aromatic N) is 7. The number of aryl methyl sites for hydroxylation is 1. The van der Waals surface area contributed by atoms with Gasteiger partial charge in [-0.1, -0.05) is 13.8 Å². The van der Waals surface area contributed by atoms with Crippen LogP contribution in [0.15, 0.2) is 79.4 Å². The molecule has 0 bridgehead atoms. The summed E-state index contributed by atoms with van der Waals surface area (Å²) in [5.74, 6) is 1.24. The second-order valence-corrected chi connectivity index (χ2v) is 10.1. The van der Waals surface area contributed by atoms with Gasteiger partial charge in [0.05, 0.1) is 34.3 Å². The summed E-state index contributed by atoms with van der Waals surface area (Å²) in [7, 11) is 0. The Kier molecular flexibility index (Phi) is 7.65. The predicted molar refractivity (Wildman–Crippen MR) is 172 cm³/mol. The number of benzene rings is 1. The summed E-state index contributed by atoms with van der Waals surface area (Å²) < 4.78 is 0. The Balaban J connectivity index is 0.00000161. The Labute approximate surface area is 249 Å². The number of imidazole rings is 1. The van der Waals surface area contributed by atoms with E-state index in [-0.39, 0.29) is 5.91 Å². The Hall–Kier alpha value is -5.38. The lowest BCUT2D eigenvalue weighted by molar-refractivity contribution is -0.115. The third-order valence-electron chi connectivity index (χ3n) is 7.28. The Morgan fingerprint density at radius 2 is 1.74 bits per heavy atom. The van der Waals surface area contributed by atoms with Crippen molar-refractivity contribution >= 4 is 56.5 Å². The standard InChI is InChI=1S/C31H27N9O.C2H6/c1-19-14-23(8-10-32-19)40(20(2)41)24-16-28-31(35-18-24)38-30(37-28)21-4-7-29(34-17-21)36-27-9-11-33-26-6-5-22(15-25(26)27)39-12-3-13-39;1-2/h4-11,14-18H,3,12-13H2,1-2H3,(H,33,34,36)(H,35,37,38);1-2H3. The van der Waals surface area contributed by atoms with E-state index in [1.807, 2.05) is 51.1 Å². The number of carbonyl (C=O) groups is 1. The maximum absolute atomic E-state index is 12.5. The van der Waals surface area contributed by atoms with Gasteiger partial charge in [0.25, 0.3) is 0 Å². The fourth-order valence-electron chi connectivity index (χ4n) is 5.09. The van der Waals surface area contributed by atoms with Gasteiger partial charge >= 0.3 is 0 Å². The van der Waals surface area contributed by atoms with Gasteiger partial charge < -0.3 is 15.2 Å². The van der Waals surface area contributed by atoms with Crippen LogP contribution in [0.5, 0.6) is 0 Å². The largest absolute Gasteiger partial charge is 0.371 e. The molecule has 6 aromatic rings. The van der Waals surface area contributed by atoms with Crippen LogP contribution < -0.4 is 15.1 Å². The fourth-order valence-corrected chi connectivity index (χ4v) is 5.09. The predicted octanol–water partition coefficient (Wildman–Crippen LogP) is 6.94. The van der Waals surface area contributed by atoms with Crippen LogP contribution in [0.4, 0.5) is 28.6 Å². The number of carbonyl (C=O) groups excluding carboxylic acids is 1. The minimum Gasteiger partial charge on any atom is -0.371 e. The molecule has 0 unspecified atom stereocenters. The summed E-state index contributed by atoms with van der Waals surface area (Å²) in [6, 6.07) is 17.8. The molecule has 1 aliphatic heterocycles. The van der Waals surface area contributed by atoms with Crippen LogP contribution in [0.2, 0.25) is 0 Å². The van der Waals surface area contributed by atoms with Crippen LogP contribution in [-0.2, 0) is 4.79 Å². The molecule has 10 nitrogen and oxygen atoms in total. The quantitative estimate of drug-likeness (QED) is 0.221. The summed E-state index contributed by atoms with van der Waals surface area (Å²) in [4.78, 5) is 42.4. The van der Waals surface area contributed by atoms with Gasteiger partial charge in [-0.15, -0.1) is 0 Å². The minimum atomic E-state index is -0.123. The maximum Gasteiger partial charge on any atom is 0.228 e. The third kappa shape index (κ3) is 5.59. The van der Waals surface area contributed by atoms with Gasteiger partial charge in [0, 0.05) is 60.9 Å². The van der Waals surface area contributed by atoms with Crippen LogP contribution in [0.3, 0.4) is 0 Å². The topological polar surface area (TPSA) is 116 Å². The highest BCUT2D eigenvalue weighted by molar-refractivity contribution is 6.00. The van der Waals surface area contributed by atoms with Crippen molar-refractivity contribution in [2.24, 2.45) is 0 Å². The van der Waals surface area contributed by atoms with Gasteiger partial charge in [0.2, 0.25) is 5.91 Å². The molecule has 1 aliphatic rings. The zero-order chi connectivity index (χ0) is 29.9. The number of hydrogen-bond donors (Lipinski definition) is 2. The van der Waals surface area contributed by atoms with Crippen LogP contribution in [-0.4, -0.2) is 48.9 Å². The average molecular weight is 572 g/mol. The van der Waals surface area contributed by atoms with E-state index < -0.39 is 0 Å². The van der Waals surface area contributed by atoms with E-state index in [0.717, 1.165) is 58.0 Å². The van der Waals surface area contributed by atoms with Gasteiger partial charge in [-0.3, -0.25) is 19.7 Å². The first-order valence-electron chi connectivity index (χ1n) is 14.5. The molecule has 1 fully saturated rings. The highest BCUT2D eigenvalue weighted by Crippen LogP contribution is 2.31. The van der Waals surface area contributed by atoms with E-state index in [1.54, 1.807) is 35.8 Å². The molecule has 2 N–H and O–H groups in total. The zero-order valence-electron chi connectivity index (χ0n) is 24.7. The highest BCUT2D eigenvalue weighted by atomic mass is 16.2. The smallest absolute Gasteiger partial charge is 0.228 e. The van der Waals surface area contributed by atoms with Crippen molar-refractivity contribution < 1.29 is 4.79 Å². The highest BCUT2D eigenvalue weighted by Gasteiger charge is 2.18. The van der Waals surface area contributed by atoms with Crippen LogP contribution in [0, 0.1) is 6.92 Å². The van der Waals surface area contributed by atoms with Crippen LogP contribution in [0.25, 0.3) is 33.5 Å². The monoisotopic (exact) mass is 571 g/mol. The van der Waals surface area contributed by atoms with Gasteiger partial charge in [-0.2, -0.15) is 0 Å². The number of aromatic amines is 1. The SMILES string of the molecule is CC.CC(=O)N(c1ccnc(C)c1)c1cnc2nc(-c3ccc(Nc4ccnc5ccc(N6CCC6)cc45)nc3)[nH]c2c1. The molecule has 0 radical (unpaired) electrons. The van der Waals surface area contributed by atoms with Crippen LogP contribution in [0.1, 0.15) is 32.9 Å². The number of aromatic nitrogens is 6. The van der Waals surface area contributed by atoms with Crippen molar-refractivity contribution in [2.45, 2.75) is 34.1 Å². The summed E-state index contributed by atoms with van der Waals surface area (Å²) in [6.07, 6.45) is 8.16. The van der Waals surface area contributed by atoms with Gasteiger partial charge in [-0.05, 0) is 67.9 Å². The third-order valence-corrected chi connectivity index (χ3v) is 7.28. The Morgan fingerprint density at radius 3 is 2.47 bits per heavy atom. The number of fused-ring (bicyclic) bond motifs is 2. The second kappa shape index (κ2) is 11.8. The summed E-state index contributed by atoms with van der Waals surface area (Å²) in [6.45, 7) is 9.60. The molecule has 1 amide bonds. The normalized spacial score (nSPS) is 12.4. The van der Waals surface area contributed by atoms with E-state index in [9.17, 15) is 4.79 Å². The lowest BCUT2D eigenvalue weighted by Crippen LogP contribution is -2.36. The lowest BCUT2D eigenvalue weighted by atomic mass is 10.1. The summed E-state index contributed by atoms with van der Waals surface area (Å²) in [5.41, 5.74) is 7.41. The minimum absolute atomic E-state index is 0.123. The molecule has 43 heavy (non-hydrogen) atoms. The maximum atomic E-state index is 12.5. The second-order valence-electron chi connectivity index (χ2n) is 10.1. The fraction of sp³-hybridized carbons (Fsp3) is 0.212. The Morgan fingerprint density at radius 1 is 0.907 bits per heavy atom. The van der Waals surface area contributed by atoms with Gasteiger partial charge in [0.1, 0.15) is 11.6 Å². The van der Waals surface area contributed by atoms with Crippen molar-refractivity contribution in [3.8, 4) is 11.4 Å². The molecule has 1 aromatic carbocycles. The first-order chi connectivity index (χ1) is 21.0. The van der Waals surface area contributed by atoms with E-state index >= 15 is 0 Å². The molecule has 0 spiro atoms. The van der Waals surface area contributed by atoms with Crippen molar-refractivity contribution in [2.75, 3.05) is 28.2 Å². The molecular formula is C33H33N9O. The van der Waals surface area contributed by atoms with Crippen LogP contribution >= 0.6 is 0 Å². The summed E-state index contributed by atoms with van der Waals surface area (Å²) >= 11 is 0. The van der Waals surface area contributed by atoms with Crippen molar-refractivity contribution in [1.29, 1.82) is 0 Å². The molecule has 5 aromatic heterocycles. The molecule has 0 aliphatic carbocycles. The number of hydrogen-bond acceptors (Lipinski definition) is 8. The van der Waals surface area contributed by atoms with E-state index in [2.05, 4.69) is 58.3 Å². The molecule has 10 heteroatoms. The number of anilines is 5. The van der Waals surface area contributed by atoms with E-state index in [1.165, 1.54) is 19.0 Å². The van der Waals surface area contributed by atoms with Crippen molar-refractivity contribution in [3.05, 3.63) is 85.1 Å². The zero-order valence-corrected chi connectivity index (χ0v) is 24.7. The average Bonchev–Trinajstić information content (AvgIpc) is 3.42. The number of rotatable bonds is 6. The van der Waals surface area contributed by atoms with E-state index in [0.29, 0.717) is 17.2 Å². The molecular weight excluding hydrogens is 538 g/mol. The number of H-pyrrole nitrogens is 1. The number of nitrogens with one attached hydrogen (secondary N) is 2. The lowest BCUT2D eigenvalue weighted by Gasteiger charge is -2.33. The molecule has 1 saturated heterocycles. The van der Waals surface area contributed by atoms with Gasteiger partial charge in [0.15, 0.2) is 5.65 Å². The van der Waals surface area contributed by atoms with Gasteiger partial charge in [-0.25, -0.2) is 15.0 Å². The number of pyridine rings is 4. The molecule has 0 saturated carbocycles. The van der Waals surface area contributed by atoms with E-state index in [4.69, 9.17) is 0 Å². The van der Waals surface area contributed by atoms with Crippen molar-refractivity contribution in [1.82, 2.24) is 29.9 Å².